The molecule has 35 heavy (non-hydrogen) atoms. The van der Waals surface area contributed by atoms with Gasteiger partial charge in [-0.2, -0.15) is 5.10 Å². The van der Waals surface area contributed by atoms with Crippen LogP contribution in [0.5, 0.6) is 0 Å². The molecule has 5 rings (SSSR count). The minimum absolute atomic E-state index is 0.00758. The molecule has 0 unspecified atom stereocenters. The summed E-state index contributed by atoms with van der Waals surface area (Å²) in [6.45, 7) is 2.23. The Labute approximate surface area is 203 Å². The van der Waals surface area contributed by atoms with Crippen LogP contribution in [0.3, 0.4) is 0 Å². The van der Waals surface area contributed by atoms with Gasteiger partial charge in [-0.05, 0) is 49.3 Å². The molecule has 1 aliphatic rings. The predicted octanol–water partition coefficient (Wildman–Crippen LogP) is 4.21. The van der Waals surface area contributed by atoms with Crippen molar-refractivity contribution in [2.45, 2.75) is 25.9 Å². The zero-order chi connectivity index (χ0) is 24.7. The molecule has 1 atom stereocenters. The number of methoxy groups -OCH3 is 1. The van der Waals surface area contributed by atoms with Gasteiger partial charge in [0.05, 0.1) is 35.9 Å². The molecular weight excluding hydrogens is 475 g/mol. The number of nitrogens with one attached hydrogen (secondary N) is 2. The molecule has 9 nitrogen and oxygen atoms in total. The molecule has 0 fully saturated rings. The minimum Gasteiger partial charge on any atom is -0.464 e. The lowest BCUT2D eigenvalue weighted by Gasteiger charge is -2.19. The topological polar surface area (TPSA) is 115 Å². The number of H-pyrrole nitrogens is 1. The second-order valence-electron chi connectivity index (χ2n) is 8.12. The summed E-state index contributed by atoms with van der Waals surface area (Å²) in [5.41, 5.74) is 2.62. The van der Waals surface area contributed by atoms with Gasteiger partial charge in [0.15, 0.2) is 5.69 Å². The Balaban J connectivity index is 1.62. The smallest absolute Gasteiger partial charge is 0.358 e. The van der Waals surface area contributed by atoms with Gasteiger partial charge in [0, 0.05) is 23.9 Å². The second kappa shape index (κ2) is 8.95. The van der Waals surface area contributed by atoms with Crippen LogP contribution >= 0.6 is 11.6 Å². The molecule has 178 valence electrons. The van der Waals surface area contributed by atoms with Crippen molar-refractivity contribution in [2.75, 3.05) is 12.4 Å². The summed E-state index contributed by atoms with van der Waals surface area (Å²) in [6, 6.07) is 5.11. The van der Waals surface area contributed by atoms with E-state index in [0.717, 1.165) is 11.1 Å². The highest BCUT2D eigenvalue weighted by atomic mass is 35.5. The normalized spacial score (nSPS) is 14.8. The van der Waals surface area contributed by atoms with E-state index in [2.05, 4.69) is 20.5 Å². The Bertz CT molecular complexity index is 1550. The third kappa shape index (κ3) is 4.17. The quantitative estimate of drug-likeness (QED) is 0.315. The van der Waals surface area contributed by atoms with Crippen LogP contribution < -0.4 is 10.9 Å². The van der Waals surface area contributed by atoms with Crippen molar-refractivity contribution < 1.29 is 13.9 Å². The van der Waals surface area contributed by atoms with E-state index in [1.165, 1.54) is 25.3 Å². The Kier molecular flexibility index (Phi) is 5.81. The van der Waals surface area contributed by atoms with Crippen LogP contribution in [0.15, 0.2) is 41.5 Å². The minimum atomic E-state index is -0.672. The van der Waals surface area contributed by atoms with E-state index in [1.807, 2.05) is 6.08 Å². The van der Waals surface area contributed by atoms with Crippen molar-refractivity contribution in [3.05, 3.63) is 80.6 Å². The van der Waals surface area contributed by atoms with Crippen LogP contribution in [0.25, 0.3) is 22.6 Å². The molecule has 1 aromatic carbocycles. The first-order valence-electron chi connectivity index (χ1n) is 10.8. The van der Waals surface area contributed by atoms with Gasteiger partial charge in [-0.1, -0.05) is 11.6 Å². The van der Waals surface area contributed by atoms with E-state index < -0.39 is 17.8 Å². The molecule has 4 heterocycles. The molecule has 2 N–H and O–H groups in total. The number of fused-ring (bicyclic) bond motifs is 2. The first-order valence-corrected chi connectivity index (χ1v) is 11.2. The third-order valence-electron chi connectivity index (χ3n) is 5.88. The average Bonchev–Trinajstić information content (AvgIpc) is 3.50. The number of nitrogens with zero attached hydrogens (tertiary/aromatic N) is 4. The van der Waals surface area contributed by atoms with E-state index in [1.54, 1.807) is 30.0 Å². The number of rotatable bonds is 5. The Morgan fingerprint density at radius 3 is 2.91 bits per heavy atom. The average molecular weight is 495 g/mol. The molecule has 11 heteroatoms. The zero-order valence-corrected chi connectivity index (χ0v) is 19.6. The third-order valence-corrected chi connectivity index (χ3v) is 6.09. The van der Waals surface area contributed by atoms with Crippen molar-refractivity contribution in [3.8, 4) is 0 Å². The Morgan fingerprint density at radius 2 is 2.17 bits per heavy atom. The summed E-state index contributed by atoms with van der Waals surface area (Å²) in [5, 5.41) is 10.2. The van der Waals surface area contributed by atoms with Crippen molar-refractivity contribution in [1.29, 1.82) is 0 Å². The number of hydrogen-bond donors (Lipinski definition) is 2. The maximum Gasteiger partial charge on any atom is 0.358 e. The van der Waals surface area contributed by atoms with E-state index in [0.29, 0.717) is 35.6 Å². The lowest BCUT2D eigenvalue weighted by atomic mass is 10.0. The summed E-state index contributed by atoms with van der Waals surface area (Å²) in [6.07, 6.45) is 5.98. The molecule has 0 saturated carbocycles. The highest BCUT2D eigenvalue weighted by Crippen LogP contribution is 2.31. The van der Waals surface area contributed by atoms with E-state index >= 15 is 0 Å². The van der Waals surface area contributed by atoms with E-state index in [4.69, 9.17) is 21.3 Å². The van der Waals surface area contributed by atoms with Crippen LogP contribution in [0, 0.1) is 5.82 Å². The molecule has 0 amide bonds. The number of ether oxygens (including phenoxy) is 1. The maximum atomic E-state index is 14.6. The molecule has 0 spiro atoms. The van der Waals surface area contributed by atoms with Crippen LogP contribution in [-0.4, -0.2) is 37.8 Å². The van der Waals surface area contributed by atoms with Gasteiger partial charge in [0.2, 0.25) is 0 Å². The fraction of sp³-hybridized carbons (Fsp3) is 0.208. The number of allylic oxidation sites excluding steroid dienone is 1. The number of benzene rings is 1. The highest BCUT2D eigenvalue weighted by molar-refractivity contribution is 6.29. The number of esters is 1. The number of carbonyl (C=O) groups excluding carboxylic acids is 1. The molecule has 3 aromatic heterocycles. The maximum absolute atomic E-state index is 14.6. The molecule has 0 radical (unpaired) electrons. The van der Waals surface area contributed by atoms with Crippen molar-refractivity contribution in [2.24, 2.45) is 0 Å². The Hall–Kier alpha value is -4.05. The molecule has 0 saturated heterocycles. The summed E-state index contributed by atoms with van der Waals surface area (Å²) < 4.78 is 21.0. The number of carbonyl (C=O) groups is 1. The summed E-state index contributed by atoms with van der Waals surface area (Å²) in [5.74, 6) is -0.697. The lowest BCUT2D eigenvalue weighted by molar-refractivity contribution is 0.0595. The SMILES string of the molecule is COC(=O)c1nc(Cl)ccc1N[C@H](C)c1cc(F)cc2c(=O)n3c(nc12)C(=Cc1cn[nH]c1)CC3. The Morgan fingerprint density at radius 1 is 1.34 bits per heavy atom. The number of aromatic amines is 1. The van der Waals surface area contributed by atoms with E-state index in [-0.39, 0.29) is 21.8 Å². The van der Waals surface area contributed by atoms with Crippen LogP contribution in [0.1, 0.15) is 46.8 Å². The summed E-state index contributed by atoms with van der Waals surface area (Å²) >= 11 is 5.95. The van der Waals surface area contributed by atoms with Gasteiger partial charge in [0.1, 0.15) is 16.8 Å². The predicted molar refractivity (Wildman–Crippen MR) is 130 cm³/mol. The molecule has 4 aromatic rings. The van der Waals surface area contributed by atoms with Crippen LogP contribution in [0.2, 0.25) is 5.15 Å². The van der Waals surface area contributed by atoms with Crippen LogP contribution in [0.4, 0.5) is 10.1 Å². The van der Waals surface area contributed by atoms with Gasteiger partial charge in [-0.15, -0.1) is 0 Å². The number of hydrogen-bond acceptors (Lipinski definition) is 7. The molecule has 0 aliphatic carbocycles. The van der Waals surface area contributed by atoms with Gasteiger partial charge in [-0.25, -0.2) is 19.2 Å². The van der Waals surface area contributed by atoms with E-state index in [9.17, 15) is 14.0 Å². The van der Waals surface area contributed by atoms with Gasteiger partial charge in [-0.3, -0.25) is 14.5 Å². The first kappa shape index (κ1) is 22.7. The standard InChI is InChI=1S/C24H20ClFN6O3/c1-12(29-18-3-4-19(25)30-21(18)24(34)35-2)16-8-15(26)9-17-20(16)31-22-14(5-6-32(22)23(17)33)7-13-10-27-28-11-13/h3-4,7-12,29H,5-6H2,1-2H3,(H,27,28)/t12-/m1/s1. The van der Waals surface area contributed by atoms with Gasteiger partial charge in [0.25, 0.3) is 5.56 Å². The fourth-order valence-electron chi connectivity index (χ4n) is 4.24. The first-order chi connectivity index (χ1) is 16.9. The molecule has 1 aliphatic heterocycles. The summed E-state index contributed by atoms with van der Waals surface area (Å²) in [4.78, 5) is 34.3. The second-order valence-corrected chi connectivity index (χ2v) is 8.51. The van der Waals surface area contributed by atoms with Gasteiger partial charge < -0.3 is 10.1 Å². The molecule has 0 bridgehead atoms. The number of aromatic nitrogens is 5. The highest BCUT2D eigenvalue weighted by Gasteiger charge is 2.25. The summed E-state index contributed by atoms with van der Waals surface area (Å²) in [7, 11) is 1.24. The largest absolute Gasteiger partial charge is 0.464 e. The monoisotopic (exact) mass is 494 g/mol. The zero-order valence-electron chi connectivity index (χ0n) is 18.8. The van der Waals surface area contributed by atoms with Crippen molar-refractivity contribution >= 4 is 45.8 Å². The number of anilines is 1. The lowest BCUT2D eigenvalue weighted by Crippen LogP contribution is -2.22. The molecular formula is C24H20ClFN6O3. The van der Waals surface area contributed by atoms with Gasteiger partial charge >= 0.3 is 5.97 Å². The van der Waals surface area contributed by atoms with Crippen LogP contribution in [-0.2, 0) is 11.3 Å². The number of pyridine rings is 1. The number of halogens is 2. The fourth-order valence-corrected chi connectivity index (χ4v) is 4.38. The van der Waals surface area contributed by atoms with Crippen molar-refractivity contribution in [3.63, 3.8) is 0 Å². The van der Waals surface area contributed by atoms with Crippen molar-refractivity contribution in [1.82, 2.24) is 24.7 Å².